The van der Waals surface area contributed by atoms with Crippen LogP contribution >= 0.6 is 0 Å². The van der Waals surface area contributed by atoms with Gasteiger partial charge < -0.3 is 10.4 Å². The van der Waals surface area contributed by atoms with Gasteiger partial charge >= 0.3 is 5.97 Å². The monoisotopic (exact) mass is 372 g/mol. The second kappa shape index (κ2) is 7.98. The van der Waals surface area contributed by atoms with Crippen molar-refractivity contribution in [2.45, 2.75) is 38.1 Å². The molecule has 3 rings (SSSR count). The first kappa shape index (κ1) is 18.6. The number of benzene rings is 1. The van der Waals surface area contributed by atoms with E-state index in [9.17, 15) is 24.8 Å². The number of aliphatic carboxylic acids is 1. The van der Waals surface area contributed by atoms with Gasteiger partial charge in [0, 0.05) is 24.4 Å². The van der Waals surface area contributed by atoms with Gasteiger partial charge in [-0.2, -0.15) is 5.10 Å². The maximum atomic E-state index is 12.5. The molecule has 2 atom stereocenters. The zero-order chi connectivity index (χ0) is 19.4. The molecule has 1 aliphatic rings. The lowest BCUT2D eigenvalue weighted by Gasteiger charge is -2.22. The highest BCUT2D eigenvalue weighted by Crippen LogP contribution is 2.24. The van der Waals surface area contributed by atoms with Gasteiger partial charge in [0.05, 0.1) is 16.5 Å². The zero-order valence-electron chi connectivity index (χ0n) is 14.6. The molecule has 2 N–H and O–H groups in total. The Morgan fingerprint density at radius 2 is 2.00 bits per heavy atom. The molecule has 142 valence electrons. The molecule has 0 saturated heterocycles. The lowest BCUT2D eigenvalue weighted by molar-refractivity contribution is -0.384. The third-order valence-corrected chi connectivity index (χ3v) is 4.78. The minimum absolute atomic E-state index is 0.0724. The molecule has 9 nitrogen and oxygen atoms in total. The van der Waals surface area contributed by atoms with Gasteiger partial charge in [0.2, 0.25) is 0 Å². The Morgan fingerprint density at radius 3 is 2.74 bits per heavy atom. The number of carbonyl (C=O) groups excluding carboxylic acids is 1. The van der Waals surface area contributed by atoms with Crippen LogP contribution in [0, 0.1) is 16.0 Å². The van der Waals surface area contributed by atoms with Gasteiger partial charge in [0.1, 0.15) is 0 Å². The normalized spacial score (nSPS) is 19.9. The second-order valence-corrected chi connectivity index (χ2v) is 6.59. The molecule has 9 heteroatoms. The number of carboxylic acid groups (broad SMARTS) is 1. The van der Waals surface area contributed by atoms with Crippen LogP contribution in [0.5, 0.6) is 0 Å². The third-order valence-electron chi connectivity index (χ3n) is 4.78. The standard InChI is InChI=1S/C18H20N4O5/c23-17(19-15-8-3-1-2-7-14(15)18(24)25)16-9-10-21(20-16)12-5-4-6-13(11-12)22(26)27/h4-6,9-11,14-15H,1-3,7-8H2,(H,19,23)(H,24,25)/t14-,15+/m1/s1. The van der Waals surface area contributed by atoms with Gasteiger partial charge in [-0.05, 0) is 25.0 Å². The number of rotatable bonds is 5. The molecule has 1 aromatic carbocycles. The minimum atomic E-state index is -0.899. The largest absolute Gasteiger partial charge is 0.481 e. The molecule has 1 aromatic heterocycles. The van der Waals surface area contributed by atoms with Gasteiger partial charge in [0.25, 0.3) is 11.6 Å². The van der Waals surface area contributed by atoms with E-state index < -0.39 is 28.8 Å². The van der Waals surface area contributed by atoms with E-state index in [0.29, 0.717) is 18.5 Å². The van der Waals surface area contributed by atoms with Gasteiger partial charge in [-0.3, -0.25) is 19.7 Å². The Balaban J connectivity index is 1.75. The number of hydrogen-bond donors (Lipinski definition) is 2. The first-order valence-electron chi connectivity index (χ1n) is 8.80. The number of nitrogens with zero attached hydrogens (tertiary/aromatic N) is 3. The van der Waals surface area contributed by atoms with Gasteiger partial charge in [-0.15, -0.1) is 0 Å². The Hall–Kier alpha value is -3.23. The molecule has 1 heterocycles. The van der Waals surface area contributed by atoms with E-state index in [1.807, 2.05) is 0 Å². The summed E-state index contributed by atoms with van der Waals surface area (Å²) >= 11 is 0. The number of non-ortho nitro benzene ring substituents is 1. The predicted octanol–water partition coefficient (Wildman–Crippen LogP) is 2.54. The molecule has 0 bridgehead atoms. The Morgan fingerprint density at radius 1 is 1.22 bits per heavy atom. The summed E-state index contributed by atoms with van der Waals surface area (Å²) in [5.74, 6) is -1.95. The smallest absolute Gasteiger partial charge is 0.308 e. The molecular formula is C18H20N4O5. The Kier molecular flexibility index (Phi) is 5.49. The van der Waals surface area contributed by atoms with Crippen molar-refractivity contribution in [3.05, 3.63) is 52.3 Å². The Labute approximate surface area is 155 Å². The first-order chi connectivity index (χ1) is 13.0. The van der Waals surface area contributed by atoms with E-state index >= 15 is 0 Å². The third kappa shape index (κ3) is 4.30. The van der Waals surface area contributed by atoms with Crippen LogP contribution in [0.2, 0.25) is 0 Å². The number of nitro benzene ring substituents is 1. The van der Waals surface area contributed by atoms with Crippen LogP contribution in [0.1, 0.15) is 42.6 Å². The van der Waals surface area contributed by atoms with E-state index in [-0.39, 0.29) is 11.4 Å². The molecule has 1 amide bonds. The number of nitrogens with one attached hydrogen (secondary N) is 1. The summed E-state index contributed by atoms with van der Waals surface area (Å²) in [5, 5.41) is 27.3. The Bertz CT molecular complexity index is 863. The SMILES string of the molecule is O=C(N[C@H]1CCCCC[C@H]1C(=O)O)c1ccn(-c2cccc([N+](=O)[O-])c2)n1. The summed E-state index contributed by atoms with van der Waals surface area (Å²) < 4.78 is 1.38. The van der Waals surface area contributed by atoms with Crippen molar-refractivity contribution in [2.24, 2.45) is 5.92 Å². The summed E-state index contributed by atoms with van der Waals surface area (Å²) in [5.41, 5.74) is 0.521. The van der Waals surface area contributed by atoms with Crippen molar-refractivity contribution < 1.29 is 19.6 Å². The molecule has 1 aliphatic carbocycles. The minimum Gasteiger partial charge on any atom is -0.481 e. The average molecular weight is 372 g/mol. The summed E-state index contributed by atoms with van der Waals surface area (Å²) in [6.45, 7) is 0. The molecule has 0 spiro atoms. The maximum absolute atomic E-state index is 12.5. The van der Waals surface area contributed by atoms with Crippen LogP contribution < -0.4 is 5.32 Å². The zero-order valence-corrected chi connectivity index (χ0v) is 14.6. The lowest BCUT2D eigenvalue weighted by Crippen LogP contribution is -2.43. The fourth-order valence-corrected chi connectivity index (χ4v) is 3.36. The van der Waals surface area contributed by atoms with Crippen molar-refractivity contribution in [3.63, 3.8) is 0 Å². The average Bonchev–Trinajstić information content (AvgIpc) is 3.03. The molecule has 0 radical (unpaired) electrons. The summed E-state index contributed by atoms with van der Waals surface area (Å²) in [7, 11) is 0. The van der Waals surface area contributed by atoms with Crippen molar-refractivity contribution in [1.82, 2.24) is 15.1 Å². The number of amides is 1. The lowest BCUT2D eigenvalue weighted by atomic mass is 9.95. The number of hydrogen-bond acceptors (Lipinski definition) is 5. The van der Waals surface area contributed by atoms with Crippen molar-refractivity contribution in [2.75, 3.05) is 0 Å². The van der Waals surface area contributed by atoms with Crippen LogP contribution in [0.15, 0.2) is 36.5 Å². The molecule has 1 fully saturated rings. The second-order valence-electron chi connectivity index (χ2n) is 6.59. The van der Waals surface area contributed by atoms with E-state index in [4.69, 9.17) is 0 Å². The fraction of sp³-hybridized carbons (Fsp3) is 0.389. The highest BCUT2D eigenvalue weighted by Gasteiger charge is 2.31. The van der Waals surface area contributed by atoms with E-state index in [0.717, 1.165) is 19.3 Å². The van der Waals surface area contributed by atoms with E-state index in [1.54, 1.807) is 6.07 Å². The number of nitro groups is 1. The molecule has 2 aromatic rings. The number of aromatic nitrogens is 2. The molecular weight excluding hydrogens is 352 g/mol. The van der Waals surface area contributed by atoms with Crippen LogP contribution in [0.4, 0.5) is 5.69 Å². The topological polar surface area (TPSA) is 127 Å². The number of carboxylic acids is 1. The van der Waals surface area contributed by atoms with Crippen molar-refractivity contribution >= 4 is 17.6 Å². The van der Waals surface area contributed by atoms with Crippen LogP contribution in [0.25, 0.3) is 5.69 Å². The first-order valence-corrected chi connectivity index (χ1v) is 8.80. The van der Waals surface area contributed by atoms with Crippen LogP contribution in [-0.4, -0.2) is 37.7 Å². The van der Waals surface area contributed by atoms with Gasteiger partial charge in [-0.25, -0.2) is 4.68 Å². The van der Waals surface area contributed by atoms with Gasteiger partial charge in [0.15, 0.2) is 5.69 Å². The molecule has 27 heavy (non-hydrogen) atoms. The van der Waals surface area contributed by atoms with Gasteiger partial charge in [-0.1, -0.05) is 25.3 Å². The summed E-state index contributed by atoms with van der Waals surface area (Å²) in [6.07, 6.45) is 5.37. The van der Waals surface area contributed by atoms with Crippen LogP contribution in [0.3, 0.4) is 0 Å². The molecule has 0 unspecified atom stereocenters. The highest BCUT2D eigenvalue weighted by atomic mass is 16.6. The van der Waals surface area contributed by atoms with Crippen LogP contribution in [-0.2, 0) is 4.79 Å². The maximum Gasteiger partial charge on any atom is 0.308 e. The molecule has 0 aliphatic heterocycles. The van der Waals surface area contributed by atoms with E-state index in [2.05, 4.69) is 10.4 Å². The summed E-state index contributed by atoms with van der Waals surface area (Å²) in [4.78, 5) is 34.4. The molecule has 1 saturated carbocycles. The fourth-order valence-electron chi connectivity index (χ4n) is 3.36. The predicted molar refractivity (Wildman–Crippen MR) is 95.7 cm³/mol. The summed E-state index contributed by atoms with van der Waals surface area (Å²) in [6, 6.07) is 6.99. The highest BCUT2D eigenvalue weighted by molar-refractivity contribution is 5.92. The quantitative estimate of drug-likeness (QED) is 0.472. The van der Waals surface area contributed by atoms with Crippen molar-refractivity contribution in [3.8, 4) is 5.69 Å². The van der Waals surface area contributed by atoms with E-state index in [1.165, 1.54) is 35.1 Å². The number of carbonyl (C=O) groups is 2. The van der Waals surface area contributed by atoms with Crippen molar-refractivity contribution in [1.29, 1.82) is 0 Å².